The molecule has 0 aromatic heterocycles. The molecule has 0 aromatic rings. The van der Waals surface area contributed by atoms with Crippen molar-refractivity contribution >= 4 is 103 Å². The first-order chi connectivity index (χ1) is 14.6. The summed E-state index contributed by atoms with van der Waals surface area (Å²) in [5, 5.41) is -9.01. The van der Waals surface area contributed by atoms with Crippen LogP contribution in [-0.2, 0) is 18.1 Å². The molecule has 3 atom stereocenters. The molecule has 4 nitrogen and oxygen atoms in total. The number of hydrogen-bond donors (Lipinski definition) is 0. The van der Waals surface area contributed by atoms with Crippen LogP contribution < -0.4 is 0 Å². The predicted octanol–water partition coefficient (Wildman–Crippen LogP) is 5.62. The molecule has 20 heavy (non-hydrogen) atoms. The second-order valence-electron chi connectivity index (χ2n) is 2.25. The first-order valence-electron chi connectivity index (χ1n) is 11.5. The van der Waals surface area contributed by atoms with Gasteiger partial charge in [0, 0.05) is 42.6 Å². The SMILES string of the molecule is [2H]C([2H])(Br)C([2H])(Br)C([2H])([2H])OP(=O)(OC([2H])([2H])C([2H])(Br)C([2H])([2H])Br)OC([2H])([2H])C([2H])(Br)C([2H])([2H])Br. The van der Waals surface area contributed by atoms with E-state index in [1.165, 1.54) is 0 Å². The maximum absolute atomic E-state index is 13.5. The van der Waals surface area contributed by atoms with Crippen LogP contribution in [0, 0.1) is 0 Å². The summed E-state index contributed by atoms with van der Waals surface area (Å²) < 4.78 is 143. The van der Waals surface area contributed by atoms with E-state index >= 15 is 0 Å². The zero-order valence-electron chi connectivity index (χ0n) is 23.8. The van der Waals surface area contributed by atoms with Gasteiger partial charge in [0.05, 0.1) is 27.9 Å². The van der Waals surface area contributed by atoms with Gasteiger partial charge in [-0.2, -0.15) is 0 Å². The lowest BCUT2D eigenvalue weighted by Gasteiger charge is -2.21. The van der Waals surface area contributed by atoms with Gasteiger partial charge in [0.15, 0.2) is 0 Å². The number of phosphoric acid groups is 1. The molecular weight excluding hydrogens is 682 g/mol. The first-order valence-corrected chi connectivity index (χ1v) is 10.2. The van der Waals surface area contributed by atoms with Crippen LogP contribution in [0.3, 0.4) is 0 Å². The topological polar surface area (TPSA) is 44.8 Å². The van der Waals surface area contributed by atoms with E-state index in [0.717, 1.165) is 0 Å². The summed E-state index contributed by atoms with van der Waals surface area (Å²) in [7, 11) is -6.22. The first kappa shape index (κ1) is 8.12. The van der Waals surface area contributed by atoms with Crippen LogP contribution in [-0.4, -0.2) is 49.9 Å². The standard InChI is InChI=1S/C9H15Br6O4P/c10-1-7(13)4-17-20(16,18-5-8(14)2-11)19-6-9(15)3-12/h7-9H,1-6H2/i1D2,2D2,3D2,4D2,5D2,6D2,7D,8D,9D. The minimum absolute atomic E-state index is 2.35. The lowest BCUT2D eigenvalue weighted by atomic mass is 10.5. The molecule has 0 radical (unpaired) electrons. The van der Waals surface area contributed by atoms with Gasteiger partial charge in [0.25, 0.3) is 0 Å². The van der Waals surface area contributed by atoms with Crippen molar-refractivity contribution in [3.8, 4) is 0 Å². The Morgan fingerprint density at radius 2 is 1.10 bits per heavy atom. The van der Waals surface area contributed by atoms with Crippen LogP contribution in [0.15, 0.2) is 0 Å². The molecule has 3 unspecified atom stereocenters. The summed E-state index contributed by atoms with van der Waals surface area (Å²) in [5.41, 5.74) is 0. The van der Waals surface area contributed by atoms with Gasteiger partial charge in [-0.3, -0.25) is 13.6 Å². The Labute approximate surface area is 191 Å². The molecule has 0 N–H and O–H groups in total. The van der Waals surface area contributed by atoms with Crippen molar-refractivity contribution in [1.29, 1.82) is 0 Å². The molecule has 0 bridgehead atoms. The van der Waals surface area contributed by atoms with Gasteiger partial charge in [-0.1, -0.05) is 95.6 Å². The summed E-state index contributed by atoms with van der Waals surface area (Å²) in [6.45, 7) is -11.5. The van der Waals surface area contributed by atoms with E-state index in [4.69, 9.17) is 20.6 Å². The smallest absolute Gasteiger partial charge is 0.286 e. The average molecular weight is 713 g/mol. The fourth-order valence-electron chi connectivity index (χ4n) is 0.402. The second kappa shape index (κ2) is 13.3. The predicted molar refractivity (Wildman–Crippen MR) is 105 cm³/mol. The Morgan fingerprint density at radius 1 is 0.850 bits per heavy atom. The fourth-order valence-corrected chi connectivity index (χ4v) is 1.98. The molecule has 122 valence electrons. The lowest BCUT2D eigenvalue weighted by molar-refractivity contribution is 0.118. The Kier molecular flexibility index (Phi) is 5.40. The molecule has 0 aliphatic rings. The van der Waals surface area contributed by atoms with Crippen LogP contribution in [0.5, 0.6) is 0 Å². The van der Waals surface area contributed by atoms with Crippen molar-refractivity contribution in [2.24, 2.45) is 0 Å². The highest BCUT2D eigenvalue weighted by molar-refractivity contribution is 9.12. The van der Waals surface area contributed by atoms with Gasteiger partial charge in [-0.25, -0.2) is 4.57 Å². The van der Waals surface area contributed by atoms with Gasteiger partial charge in [-0.05, 0) is 0 Å². The Morgan fingerprint density at radius 3 is 1.30 bits per heavy atom. The number of hydrogen-bond acceptors (Lipinski definition) is 4. The van der Waals surface area contributed by atoms with Crippen molar-refractivity contribution in [2.75, 3.05) is 35.5 Å². The lowest BCUT2D eigenvalue weighted by Crippen LogP contribution is -2.17. The van der Waals surface area contributed by atoms with Gasteiger partial charge >= 0.3 is 7.82 Å². The van der Waals surface area contributed by atoms with E-state index in [0.29, 0.717) is 0 Å². The third-order valence-electron chi connectivity index (χ3n) is 0.990. The maximum atomic E-state index is 13.5. The van der Waals surface area contributed by atoms with Crippen LogP contribution in [0.1, 0.15) is 20.6 Å². The van der Waals surface area contributed by atoms with E-state index in [9.17, 15) is 4.57 Å². The summed E-state index contributed by atoms with van der Waals surface area (Å²) in [6, 6.07) is 0. The molecule has 0 rings (SSSR count). The average Bonchev–Trinajstić information content (AvgIpc) is 2.48. The molecule has 0 aromatic carbocycles. The normalized spacial score (nSPS) is 39.4. The molecule has 11 heteroatoms. The summed E-state index contributed by atoms with van der Waals surface area (Å²) >= 11 is 14.2. The van der Waals surface area contributed by atoms with E-state index in [1.807, 2.05) is 0 Å². The van der Waals surface area contributed by atoms with E-state index < -0.39 is 57.8 Å². The van der Waals surface area contributed by atoms with Crippen LogP contribution in [0.2, 0.25) is 0 Å². The van der Waals surface area contributed by atoms with Crippen molar-refractivity contribution in [1.82, 2.24) is 0 Å². The summed E-state index contributed by atoms with van der Waals surface area (Å²) in [5.74, 6) is 0. The fraction of sp³-hybridized carbons (Fsp3) is 1.00. The zero-order chi connectivity index (χ0) is 29.1. The molecule has 0 amide bonds. The number of phosphoric ester groups is 1. The van der Waals surface area contributed by atoms with Gasteiger partial charge in [-0.15, -0.1) is 0 Å². The molecule has 0 aliphatic heterocycles. The maximum Gasteiger partial charge on any atom is 0.474 e. The number of halogens is 6. The summed E-state index contributed by atoms with van der Waals surface area (Å²) in [6.07, 6.45) is 0. The third-order valence-corrected chi connectivity index (χ3v) is 5.80. The Hall–Kier alpha value is 2.99. The van der Waals surface area contributed by atoms with Crippen molar-refractivity contribution in [2.45, 2.75) is 14.4 Å². The number of rotatable bonds is 12. The van der Waals surface area contributed by atoms with E-state index in [-0.39, 0.29) is 0 Å². The molecule has 0 spiro atoms. The van der Waals surface area contributed by atoms with Gasteiger partial charge in [0.1, 0.15) is 0 Å². The molecule has 0 saturated carbocycles. The van der Waals surface area contributed by atoms with Crippen molar-refractivity contribution in [3.63, 3.8) is 0 Å². The Balaban J connectivity index is 6.91. The minimum Gasteiger partial charge on any atom is -0.286 e. The van der Waals surface area contributed by atoms with Gasteiger partial charge < -0.3 is 0 Å². The monoisotopic (exact) mass is 707 g/mol. The third kappa shape index (κ3) is 11.5. The van der Waals surface area contributed by atoms with Crippen molar-refractivity contribution < 1.29 is 38.7 Å². The van der Waals surface area contributed by atoms with E-state index in [2.05, 4.69) is 109 Å². The van der Waals surface area contributed by atoms with Crippen LogP contribution >= 0.6 is 103 Å². The van der Waals surface area contributed by atoms with Gasteiger partial charge in [0.2, 0.25) is 0 Å². The minimum atomic E-state index is -6.22. The quantitative estimate of drug-likeness (QED) is 0.195. The highest BCUT2D eigenvalue weighted by Crippen LogP contribution is 2.50. The molecule has 0 saturated heterocycles. The molecule has 0 aliphatic carbocycles. The second-order valence-corrected chi connectivity index (χ2v) is 7.26. The Bertz CT molecular complexity index is 719. The number of alkyl halides is 6. The largest absolute Gasteiger partial charge is 0.474 e. The molecule has 0 fully saturated rings. The van der Waals surface area contributed by atoms with E-state index in [1.54, 1.807) is 0 Å². The zero-order valence-corrected chi connectivity index (χ0v) is 19.3. The van der Waals surface area contributed by atoms with Crippen molar-refractivity contribution in [3.05, 3.63) is 0 Å². The molecule has 0 heterocycles. The van der Waals surface area contributed by atoms with Crippen LogP contribution in [0.4, 0.5) is 0 Å². The van der Waals surface area contributed by atoms with Crippen LogP contribution in [0.25, 0.3) is 0 Å². The highest BCUT2D eigenvalue weighted by Gasteiger charge is 2.29. The molecular formula is C9H15Br6O4P. The highest BCUT2D eigenvalue weighted by atomic mass is 79.9. The summed E-state index contributed by atoms with van der Waals surface area (Å²) in [4.78, 5) is -9.66.